The van der Waals surface area contributed by atoms with Gasteiger partial charge in [0.25, 0.3) is 0 Å². The van der Waals surface area contributed by atoms with Gasteiger partial charge in [-0.05, 0) is 42.9 Å². The van der Waals surface area contributed by atoms with Crippen LogP contribution in [0.2, 0.25) is 0 Å². The lowest BCUT2D eigenvalue weighted by Crippen LogP contribution is -2.43. The Balaban J connectivity index is 1.53. The third-order valence-corrected chi connectivity index (χ3v) is 6.46. The molecule has 1 saturated heterocycles. The van der Waals surface area contributed by atoms with E-state index < -0.39 is 0 Å². The largest absolute Gasteiger partial charge is 0.350 e. The molecule has 1 N–H and O–H groups in total. The van der Waals surface area contributed by atoms with Crippen LogP contribution >= 0.6 is 11.3 Å². The molecule has 0 unspecified atom stereocenters. The number of nitrogens with one attached hydrogen (secondary N) is 1. The van der Waals surface area contributed by atoms with Crippen molar-refractivity contribution < 1.29 is 4.79 Å². The second-order valence-electron chi connectivity index (χ2n) is 6.97. The molecule has 0 radical (unpaired) electrons. The molecular formula is C21H24N4OS. The first-order valence-corrected chi connectivity index (χ1v) is 10.3. The lowest BCUT2D eigenvalue weighted by Gasteiger charge is -2.23. The molecule has 0 bridgehead atoms. The molecule has 1 aromatic carbocycles. The van der Waals surface area contributed by atoms with E-state index in [9.17, 15) is 4.79 Å². The number of thiazole rings is 1. The number of aryl methyl sites for hydroxylation is 2. The maximum atomic E-state index is 12.8. The normalized spacial score (nSPS) is 16.8. The smallest absolute Gasteiger partial charge is 0.243 e. The summed E-state index contributed by atoms with van der Waals surface area (Å²) in [5.41, 5.74) is 4.43. The van der Waals surface area contributed by atoms with Gasteiger partial charge in [-0.25, -0.2) is 4.98 Å². The zero-order valence-electron chi connectivity index (χ0n) is 15.7. The van der Waals surface area contributed by atoms with Gasteiger partial charge in [0.15, 0.2) is 10.8 Å². The average molecular weight is 381 g/mol. The van der Waals surface area contributed by atoms with E-state index in [0.29, 0.717) is 6.54 Å². The molecular weight excluding hydrogens is 356 g/mol. The summed E-state index contributed by atoms with van der Waals surface area (Å²) in [6.45, 7) is 5.71. The van der Waals surface area contributed by atoms with Gasteiger partial charge in [-0.2, -0.15) is 4.98 Å². The summed E-state index contributed by atoms with van der Waals surface area (Å²) in [5, 5.41) is 3.99. The van der Waals surface area contributed by atoms with Gasteiger partial charge < -0.3 is 10.2 Å². The van der Waals surface area contributed by atoms with Gasteiger partial charge in [-0.1, -0.05) is 48.6 Å². The first-order chi connectivity index (χ1) is 13.2. The molecule has 5 nitrogen and oxygen atoms in total. The number of amides is 1. The Labute approximate surface area is 163 Å². The quantitative estimate of drug-likeness (QED) is 0.730. The van der Waals surface area contributed by atoms with E-state index in [2.05, 4.69) is 29.0 Å². The SMILES string of the molecule is CCc1cnc2nc(N3CCC[C@@H]3C(=O)NCc3ccccc3)sc2c1C. The van der Waals surface area contributed by atoms with Crippen molar-refractivity contribution in [2.75, 3.05) is 11.4 Å². The first-order valence-electron chi connectivity index (χ1n) is 9.50. The summed E-state index contributed by atoms with van der Waals surface area (Å²) in [4.78, 5) is 24.2. The highest BCUT2D eigenvalue weighted by Gasteiger charge is 2.32. The molecule has 27 heavy (non-hydrogen) atoms. The Hall–Kier alpha value is -2.47. The highest BCUT2D eigenvalue weighted by molar-refractivity contribution is 7.22. The number of carbonyl (C=O) groups excluding carboxylic acids is 1. The van der Waals surface area contributed by atoms with Crippen molar-refractivity contribution in [3.8, 4) is 0 Å². The van der Waals surface area contributed by atoms with E-state index in [1.807, 2.05) is 36.5 Å². The highest BCUT2D eigenvalue weighted by atomic mass is 32.1. The predicted molar refractivity (Wildman–Crippen MR) is 110 cm³/mol. The summed E-state index contributed by atoms with van der Waals surface area (Å²) >= 11 is 1.66. The zero-order chi connectivity index (χ0) is 18.8. The Kier molecular flexibility index (Phi) is 5.07. The Morgan fingerprint density at radius 2 is 2.15 bits per heavy atom. The summed E-state index contributed by atoms with van der Waals surface area (Å²) in [7, 11) is 0. The summed E-state index contributed by atoms with van der Waals surface area (Å²) < 4.78 is 1.14. The number of carbonyl (C=O) groups is 1. The monoisotopic (exact) mass is 380 g/mol. The van der Waals surface area contributed by atoms with Gasteiger partial charge in [0.05, 0.1) is 4.70 Å². The van der Waals surface area contributed by atoms with Crippen LogP contribution in [0, 0.1) is 6.92 Å². The zero-order valence-corrected chi connectivity index (χ0v) is 16.6. The van der Waals surface area contributed by atoms with Crippen LogP contribution < -0.4 is 10.2 Å². The maximum Gasteiger partial charge on any atom is 0.243 e. The fraction of sp³-hybridized carbons (Fsp3) is 0.381. The lowest BCUT2D eigenvalue weighted by molar-refractivity contribution is -0.122. The van der Waals surface area contributed by atoms with Crippen LogP contribution in [0.25, 0.3) is 10.3 Å². The van der Waals surface area contributed by atoms with E-state index >= 15 is 0 Å². The van der Waals surface area contributed by atoms with Crippen LogP contribution in [0.3, 0.4) is 0 Å². The van der Waals surface area contributed by atoms with Crippen LogP contribution in [0.5, 0.6) is 0 Å². The van der Waals surface area contributed by atoms with Crippen molar-refractivity contribution in [3.63, 3.8) is 0 Å². The average Bonchev–Trinajstić information content (AvgIpc) is 3.34. The summed E-state index contributed by atoms with van der Waals surface area (Å²) in [6.07, 6.45) is 4.76. The number of nitrogens with zero attached hydrogens (tertiary/aromatic N) is 3. The highest BCUT2D eigenvalue weighted by Crippen LogP contribution is 2.35. The number of rotatable bonds is 5. The minimum atomic E-state index is -0.153. The number of anilines is 1. The van der Waals surface area contributed by atoms with Gasteiger partial charge in [-0.15, -0.1) is 0 Å². The number of fused-ring (bicyclic) bond motifs is 1. The number of hydrogen-bond donors (Lipinski definition) is 1. The van der Waals surface area contributed by atoms with Crippen LogP contribution in [0.15, 0.2) is 36.5 Å². The van der Waals surface area contributed by atoms with Gasteiger partial charge >= 0.3 is 0 Å². The van der Waals surface area contributed by atoms with Crippen LogP contribution in [-0.4, -0.2) is 28.5 Å². The second kappa shape index (κ2) is 7.64. The molecule has 1 atom stereocenters. The van der Waals surface area contributed by atoms with Crippen molar-refractivity contribution >= 4 is 32.7 Å². The van der Waals surface area contributed by atoms with E-state index in [4.69, 9.17) is 4.98 Å². The second-order valence-corrected chi connectivity index (χ2v) is 7.94. The maximum absolute atomic E-state index is 12.8. The molecule has 3 aromatic rings. The summed E-state index contributed by atoms with van der Waals surface area (Å²) in [5.74, 6) is 0.0783. The molecule has 1 fully saturated rings. The van der Waals surface area contributed by atoms with Gasteiger partial charge in [-0.3, -0.25) is 4.79 Å². The molecule has 0 spiro atoms. The predicted octanol–water partition coefficient (Wildman–Crippen LogP) is 3.85. The number of pyridine rings is 1. The van der Waals surface area contributed by atoms with Gasteiger partial charge in [0.1, 0.15) is 6.04 Å². The number of hydrogen-bond acceptors (Lipinski definition) is 5. The molecule has 2 aromatic heterocycles. The third kappa shape index (κ3) is 3.54. The topological polar surface area (TPSA) is 58.1 Å². The molecule has 4 rings (SSSR count). The van der Waals surface area contributed by atoms with E-state index in [1.165, 1.54) is 11.1 Å². The van der Waals surface area contributed by atoms with Crippen molar-refractivity contribution in [3.05, 3.63) is 53.2 Å². The molecule has 0 aliphatic carbocycles. The van der Waals surface area contributed by atoms with Crippen LogP contribution in [0.1, 0.15) is 36.5 Å². The van der Waals surface area contributed by atoms with Crippen molar-refractivity contribution in [2.45, 2.75) is 45.7 Å². The fourth-order valence-corrected chi connectivity index (χ4v) is 4.79. The van der Waals surface area contributed by atoms with Crippen molar-refractivity contribution in [1.29, 1.82) is 0 Å². The molecule has 1 aliphatic heterocycles. The van der Waals surface area contributed by atoms with E-state index in [0.717, 1.165) is 46.8 Å². The molecule has 1 amide bonds. The number of benzene rings is 1. The van der Waals surface area contributed by atoms with Gasteiger partial charge in [0.2, 0.25) is 5.91 Å². The Morgan fingerprint density at radius 1 is 1.33 bits per heavy atom. The molecule has 0 saturated carbocycles. The Bertz CT molecular complexity index is 953. The van der Waals surface area contributed by atoms with E-state index in [1.54, 1.807) is 11.3 Å². The van der Waals surface area contributed by atoms with Crippen LogP contribution in [0.4, 0.5) is 5.13 Å². The van der Waals surface area contributed by atoms with Gasteiger partial charge in [0, 0.05) is 19.3 Å². The third-order valence-electron chi connectivity index (χ3n) is 5.25. The van der Waals surface area contributed by atoms with E-state index in [-0.39, 0.29) is 11.9 Å². The lowest BCUT2D eigenvalue weighted by atomic mass is 10.1. The Morgan fingerprint density at radius 3 is 2.93 bits per heavy atom. The number of aromatic nitrogens is 2. The minimum Gasteiger partial charge on any atom is -0.350 e. The summed E-state index contributed by atoms with van der Waals surface area (Å²) in [6, 6.07) is 9.87. The van der Waals surface area contributed by atoms with Crippen molar-refractivity contribution in [1.82, 2.24) is 15.3 Å². The standard InChI is InChI=1S/C21H24N4OS/c1-3-16-13-22-19-18(14(16)2)27-21(24-19)25-11-7-10-17(25)20(26)23-12-15-8-5-4-6-9-15/h4-6,8-9,13,17H,3,7,10-12H2,1-2H3,(H,23,26)/t17-/m1/s1. The van der Waals surface area contributed by atoms with Crippen molar-refractivity contribution in [2.24, 2.45) is 0 Å². The molecule has 1 aliphatic rings. The molecule has 140 valence electrons. The minimum absolute atomic E-state index is 0.0783. The molecule has 3 heterocycles. The fourth-order valence-electron chi connectivity index (χ4n) is 3.66. The molecule has 6 heteroatoms. The first kappa shape index (κ1) is 17.9. The van der Waals surface area contributed by atoms with Crippen LogP contribution in [-0.2, 0) is 17.8 Å².